The van der Waals surface area contributed by atoms with Crippen LogP contribution >= 0.6 is 27.7 Å². The SMILES string of the molecule is O=C(Nc1ccc(Br)cc1)c1ccc(-n2nnnc2SCc2ccc(F)cc2)cc1. The van der Waals surface area contributed by atoms with Crippen LogP contribution in [0.15, 0.2) is 82.4 Å². The smallest absolute Gasteiger partial charge is 0.255 e. The molecule has 1 heterocycles. The summed E-state index contributed by atoms with van der Waals surface area (Å²) >= 11 is 4.81. The zero-order valence-electron chi connectivity index (χ0n) is 15.5. The zero-order valence-corrected chi connectivity index (χ0v) is 17.9. The van der Waals surface area contributed by atoms with Gasteiger partial charge in [0, 0.05) is 21.5 Å². The molecule has 6 nitrogen and oxygen atoms in total. The van der Waals surface area contributed by atoms with Crippen LogP contribution in [0.5, 0.6) is 0 Å². The highest BCUT2D eigenvalue weighted by Gasteiger charge is 2.11. The van der Waals surface area contributed by atoms with Crippen LogP contribution in [0.25, 0.3) is 5.69 Å². The topological polar surface area (TPSA) is 72.7 Å². The van der Waals surface area contributed by atoms with Crippen LogP contribution in [0.2, 0.25) is 0 Å². The van der Waals surface area contributed by atoms with Crippen molar-refractivity contribution < 1.29 is 9.18 Å². The summed E-state index contributed by atoms with van der Waals surface area (Å²) in [5.41, 5.74) is 2.94. The van der Waals surface area contributed by atoms with Crippen molar-refractivity contribution in [1.82, 2.24) is 20.2 Å². The Morgan fingerprint density at radius 1 is 1.00 bits per heavy atom. The lowest BCUT2D eigenvalue weighted by atomic mass is 10.2. The Kier molecular flexibility index (Phi) is 6.20. The summed E-state index contributed by atoms with van der Waals surface area (Å²) in [5, 5.41) is 15.3. The van der Waals surface area contributed by atoms with E-state index in [2.05, 4.69) is 36.8 Å². The second-order valence-electron chi connectivity index (χ2n) is 6.30. The minimum atomic E-state index is -0.266. The number of rotatable bonds is 6. The predicted molar refractivity (Wildman–Crippen MR) is 117 cm³/mol. The van der Waals surface area contributed by atoms with E-state index in [1.807, 2.05) is 24.3 Å². The molecule has 0 spiro atoms. The number of thioether (sulfide) groups is 1. The molecule has 0 aliphatic heterocycles. The largest absolute Gasteiger partial charge is 0.322 e. The van der Waals surface area contributed by atoms with Crippen molar-refractivity contribution in [3.63, 3.8) is 0 Å². The third-order valence-electron chi connectivity index (χ3n) is 4.20. The molecule has 0 aliphatic carbocycles. The summed E-state index contributed by atoms with van der Waals surface area (Å²) in [6.45, 7) is 0. The van der Waals surface area contributed by atoms with Gasteiger partial charge in [-0.1, -0.05) is 39.8 Å². The highest BCUT2D eigenvalue weighted by molar-refractivity contribution is 9.10. The van der Waals surface area contributed by atoms with Gasteiger partial charge in [-0.25, -0.2) is 4.39 Å². The van der Waals surface area contributed by atoms with Gasteiger partial charge in [0.05, 0.1) is 5.69 Å². The van der Waals surface area contributed by atoms with Crippen LogP contribution in [-0.2, 0) is 5.75 Å². The molecule has 3 aromatic carbocycles. The number of anilines is 1. The first kappa shape index (κ1) is 20.2. The van der Waals surface area contributed by atoms with Crippen LogP contribution < -0.4 is 5.32 Å². The summed E-state index contributed by atoms with van der Waals surface area (Å²) < 4.78 is 15.6. The molecule has 0 bridgehead atoms. The molecule has 1 N–H and O–H groups in total. The molecule has 0 fully saturated rings. The lowest BCUT2D eigenvalue weighted by molar-refractivity contribution is 0.102. The van der Waals surface area contributed by atoms with Crippen molar-refractivity contribution in [2.45, 2.75) is 10.9 Å². The summed E-state index contributed by atoms with van der Waals surface area (Å²) in [5.74, 6) is 0.137. The number of nitrogens with zero attached hydrogens (tertiary/aromatic N) is 4. The molecule has 1 amide bonds. The van der Waals surface area contributed by atoms with Gasteiger partial charge in [-0.05, 0) is 76.7 Å². The molecule has 0 saturated heterocycles. The summed E-state index contributed by atoms with van der Waals surface area (Å²) in [6, 6.07) is 20.7. The molecule has 30 heavy (non-hydrogen) atoms. The van der Waals surface area contributed by atoms with E-state index in [9.17, 15) is 9.18 Å². The molecule has 9 heteroatoms. The van der Waals surface area contributed by atoms with Crippen molar-refractivity contribution in [2.75, 3.05) is 5.32 Å². The Labute approximate surface area is 184 Å². The molecule has 0 aliphatic rings. The third-order valence-corrected chi connectivity index (χ3v) is 5.72. The predicted octanol–water partition coefficient (Wildman–Crippen LogP) is 5.11. The van der Waals surface area contributed by atoms with E-state index < -0.39 is 0 Å². The van der Waals surface area contributed by atoms with Crippen molar-refractivity contribution >= 4 is 39.3 Å². The average molecular weight is 484 g/mol. The fourth-order valence-corrected chi connectivity index (χ4v) is 3.76. The van der Waals surface area contributed by atoms with Gasteiger partial charge in [-0.3, -0.25) is 4.79 Å². The quantitative estimate of drug-likeness (QED) is 0.385. The average Bonchev–Trinajstić information content (AvgIpc) is 3.24. The maximum absolute atomic E-state index is 13.0. The van der Waals surface area contributed by atoms with Gasteiger partial charge in [0.25, 0.3) is 5.91 Å². The van der Waals surface area contributed by atoms with Gasteiger partial charge in [0.1, 0.15) is 5.82 Å². The van der Waals surface area contributed by atoms with Crippen molar-refractivity contribution in [3.05, 3.63) is 94.2 Å². The Hall–Kier alpha value is -3.04. The van der Waals surface area contributed by atoms with E-state index in [0.717, 1.165) is 15.7 Å². The first-order valence-corrected chi connectivity index (χ1v) is 10.7. The number of carbonyl (C=O) groups is 1. The Morgan fingerprint density at radius 3 is 2.40 bits per heavy atom. The van der Waals surface area contributed by atoms with Gasteiger partial charge < -0.3 is 5.32 Å². The highest BCUT2D eigenvalue weighted by atomic mass is 79.9. The zero-order chi connectivity index (χ0) is 20.9. The van der Waals surface area contributed by atoms with Crippen LogP contribution in [-0.4, -0.2) is 26.1 Å². The van der Waals surface area contributed by atoms with Gasteiger partial charge >= 0.3 is 0 Å². The number of benzene rings is 3. The van der Waals surface area contributed by atoms with Gasteiger partial charge in [0.15, 0.2) is 0 Å². The fraction of sp³-hybridized carbons (Fsp3) is 0.0476. The van der Waals surface area contributed by atoms with Gasteiger partial charge in [-0.15, -0.1) is 5.10 Å². The number of hydrogen-bond acceptors (Lipinski definition) is 5. The number of carbonyl (C=O) groups excluding carboxylic acids is 1. The normalized spacial score (nSPS) is 10.7. The summed E-state index contributed by atoms with van der Waals surface area (Å²) in [4.78, 5) is 12.4. The van der Waals surface area contributed by atoms with Gasteiger partial charge in [0.2, 0.25) is 5.16 Å². The van der Waals surface area contributed by atoms with E-state index in [1.54, 1.807) is 41.1 Å². The van der Waals surface area contributed by atoms with Crippen LogP contribution in [0.4, 0.5) is 10.1 Å². The minimum absolute atomic E-state index is 0.202. The van der Waals surface area contributed by atoms with E-state index in [1.165, 1.54) is 23.9 Å². The fourth-order valence-electron chi connectivity index (χ4n) is 2.65. The summed E-state index contributed by atoms with van der Waals surface area (Å²) in [6.07, 6.45) is 0. The van der Waals surface area contributed by atoms with Crippen LogP contribution in [0, 0.1) is 5.82 Å². The second-order valence-corrected chi connectivity index (χ2v) is 8.15. The Bertz CT molecular complexity index is 1150. The maximum Gasteiger partial charge on any atom is 0.255 e. The minimum Gasteiger partial charge on any atom is -0.322 e. The number of nitrogens with one attached hydrogen (secondary N) is 1. The molecule has 0 atom stereocenters. The molecule has 1 aromatic heterocycles. The Balaban J connectivity index is 1.44. The third kappa shape index (κ3) is 4.92. The highest BCUT2D eigenvalue weighted by Crippen LogP contribution is 2.23. The number of tetrazole rings is 1. The first-order chi connectivity index (χ1) is 14.6. The van der Waals surface area contributed by atoms with Crippen molar-refractivity contribution in [1.29, 1.82) is 0 Å². The van der Waals surface area contributed by atoms with Crippen LogP contribution in [0.3, 0.4) is 0 Å². The van der Waals surface area contributed by atoms with E-state index in [0.29, 0.717) is 22.2 Å². The van der Waals surface area contributed by atoms with E-state index in [4.69, 9.17) is 0 Å². The number of amides is 1. The molecule has 0 unspecified atom stereocenters. The number of aromatic nitrogens is 4. The molecule has 0 radical (unpaired) electrons. The lowest BCUT2D eigenvalue weighted by Crippen LogP contribution is -2.12. The number of halogens is 2. The molecular formula is C21H15BrFN5OS. The van der Waals surface area contributed by atoms with E-state index >= 15 is 0 Å². The van der Waals surface area contributed by atoms with Crippen LogP contribution in [0.1, 0.15) is 15.9 Å². The second kappa shape index (κ2) is 9.19. The number of hydrogen-bond donors (Lipinski definition) is 1. The van der Waals surface area contributed by atoms with Gasteiger partial charge in [-0.2, -0.15) is 4.68 Å². The first-order valence-electron chi connectivity index (χ1n) is 8.91. The molecule has 4 rings (SSSR count). The molecule has 0 saturated carbocycles. The maximum atomic E-state index is 13.0. The lowest BCUT2D eigenvalue weighted by Gasteiger charge is -2.07. The van der Waals surface area contributed by atoms with Crippen molar-refractivity contribution in [3.8, 4) is 5.69 Å². The Morgan fingerprint density at radius 2 is 1.70 bits per heavy atom. The van der Waals surface area contributed by atoms with Crippen molar-refractivity contribution in [2.24, 2.45) is 0 Å². The molecule has 150 valence electrons. The summed E-state index contributed by atoms with van der Waals surface area (Å²) in [7, 11) is 0. The standard InChI is InChI=1S/C21H15BrFN5OS/c22-16-5-9-18(10-6-16)24-20(29)15-3-11-19(12-4-15)28-21(25-26-27-28)30-13-14-1-7-17(23)8-2-14/h1-12H,13H2,(H,24,29). The van der Waals surface area contributed by atoms with E-state index in [-0.39, 0.29) is 11.7 Å². The monoisotopic (exact) mass is 483 g/mol. The molecule has 4 aromatic rings. The molecular weight excluding hydrogens is 469 g/mol.